The summed E-state index contributed by atoms with van der Waals surface area (Å²) < 4.78 is 4.99. The summed E-state index contributed by atoms with van der Waals surface area (Å²) in [4.78, 5) is 0. The molecule has 2 heterocycles. The molecular formula is C8H12N2O. The highest BCUT2D eigenvalue weighted by atomic mass is 16.3. The van der Waals surface area contributed by atoms with Crippen LogP contribution in [0.2, 0.25) is 0 Å². The van der Waals surface area contributed by atoms with Crippen LogP contribution in [0.1, 0.15) is 24.4 Å². The average Bonchev–Trinajstić information content (AvgIpc) is 2.55. The Bertz CT molecular complexity index is 238. The van der Waals surface area contributed by atoms with E-state index in [9.17, 15) is 0 Å². The molecule has 0 aromatic carbocycles. The summed E-state index contributed by atoms with van der Waals surface area (Å²) in [6, 6.07) is 0.425. The molecule has 1 atom stereocenters. The fourth-order valence-corrected chi connectivity index (χ4v) is 1.55. The molecule has 1 aliphatic heterocycles. The van der Waals surface area contributed by atoms with Crippen LogP contribution in [0, 0.1) is 0 Å². The number of furan rings is 1. The van der Waals surface area contributed by atoms with E-state index < -0.39 is 0 Å². The molecule has 3 nitrogen and oxygen atoms in total. The van der Waals surface area contributed by atoms with Gasteiger partial charge in [-0.3, -0.25) is 0 Å². The van der Waals surface area contributed by atoms with E-state index >= 15 is 0 Å². The monoisotopic (exact) mass is 152 g/mol. The third-order valence-electron chi connectivity index (χ3n) is 2.16. The Morgan fingerprint density at radius 1 is 1.55 bits per heavy atom. The molecule has 1 aliphatic rings. The van der Waals surface area contributed by atoms with E-state index in [1.54, 1.807) is 12.5 Å². The van der Waals surface area contributed by atoms with Crippen LogP contribution in [0.3, 0.4) is 0 Å². The fourth-order valence-electron chi connectivity index (χ4n) is 1.55. The summed E-state index contributed by atoms with van der Waals surface area (Å²) in [7, 11) is 0. The molecule has 1 saturated heterocycles. The van der Waals surface area contributed by atoms with Crippen molar-refractivity contribution in [2.75, 3.05) is 12.3 Å². The van der Waals surface area contributed by atoms with E-state index in [4.69, 9.17) is 10.2 Å². The second kappa shape index (κ2) is 2.58. The van der Waals surface area contributed by atoms with Gasteiger partial charge >= 0.3 is 0 Å². The van der Waals surface area contributed by atoms with Crippen LogP contribution in [0.25, 0.3) is 0 Å². The minimum atomic E-state index is 0.425. The first kappa shape index (κ1) is 6.73. The summed E-state index contributed by atoms with van der Waals surface area (Å²) in [6.45, 7) is 1.09. The summed E-state index contributed by atoms with van der Waals surface area (Å²) in [6.07, 6.45) is 5.73. The van der Waals surface area contributed by atoms with Gasteiger partial charge in [0.15, 0.2) is 0 Å². The van der Waals surface area contributed by atoms with Crippen LogP contribution in [-0.2, 0) is 0 Å². The largest absolute Gasteiger partial charge is 0.470 e. The maximum absolute atomic E-state index is 5.69. The highest BCUT2D eigenvalue weighted by Crippen LogP contribution is 2.27. The van der Waals surface area contributed by atoms with Crippen LogP contribution >= 0.6 is 0 Å². The lowest BCUT2D eigenvalue weighted by molar-refractivity contribution is 0.553. The molecule has 0 bridgehead atoms. The predicted molar refractivity (Wildman–Crippen MR) is 43.1 cm³/mol. The maximum atomic E-state index is 5.69. The van der Waals surface area contributed by atoms with Gasteiger partial charge in [0.25, 0.3) is 0 Å². The minimum absolute atomic E-state index is 0.425. The van der Waals surface area contributed by atoms with Gasteiger partial charge in [-0.05, 0) is 19.4 Å². The van der Waals surface area contributed by atoms with Crippen molar-refractivity contribution in [2.45, 2.75) is 18.9 Å². The summed E-state index contributed by atoms with van der Waals surface area (Å²) in [5, 5.41) is 3.36. The number of nitrogens with two attached hydrogens (primary N) is 1. The number of hydrogen-bond acceptors (Lipinski definition) is 3. The van der Waals surface area contributed by atoms with Crippen molar-refractivity contribution in [1.82, 2.24) is 5.32 Å². The molecule has 1 aromatic heterocycles. The third-order valence-corrected chi connectivity index (χ3v) is 2.16. The molecular weight excluding hydrogens is 140 g/mol. The van der Waals surface area contributed by atoms with E-state index in [1.807, 2.05) is 0 Å². The SMILES string of the molecule is Nc1cocc1[C@@H]1CCCN1. The van der Waals surface area contributed by atoms with Crippen LogP contribution in [0.4, 0.5) is 5.69 Å². The molecule has 11 heavy (non-hydrogen) atoms. The second-order valence-electron chi connectivity index (χ2n) is 2.93. The van der Waals surface area contributed by atoms with E-state index in [0.717, 1.165) is 17.8 Å². The van der Waals surface area contributed by atoms with Crippen molar-refractivity contribution in [3.63, 3.8) is 0 Å². The Labute approximate surface area is 65.6 Å². The zero-order chi connectivity index (χ0) is 7.68. The molecule has 2 rings (SSSR count). The fraction of sp³-hybridized carbons (Fsp3) is 0.500. The highest BCUT2D eigenvalue weighted by Gasteiger charge is 2.19. The van der Waals surface area contributed by atoms with Gasteiger partial charge in [0.05, 0.1) is 12.0 Å². The quantitative estimate of drug-likeness (QED) is 0.637. The summed E-state index contributed by atoms with van der Waals surface area (Å²) >= 11 is 0. The molecule has 0 unspecified atom stereocenters. The predicted octanol–water partition coefficient (Wildman–Crippen LogP) is 1.29. The minimum Gasteiger partial charge on any atom is -0.470 e. The smallest absolute Gasteiger partial charge is 0.114 e. The zero-order valence-corrected chi connectivity index (χ0v) is 6.34. The van der Waals surface area contributed by atoms with Crippen molar-refractivity contribution < 1.29 is 4.42 Å². The molecule has 0 radical (unpaired) electrons. The van der Waals surface area contributed by atoms with Crippen molar-refractivity contribution in [1.29, 1.82) is 0 Å². The molecule has 0 amide bonds. The first-order chi connectivity index (χ1) is 5.38. The Balaban J connectivity index is 2.21. The summed E-state index contributed by atoms with van der Waals surface area (Å²) in [5.74, 6) is 0. The average molecular weight is 152 g/mol. The van der Waals surface area contributed by atoms with Crippen LogP contribution < -0.4 is 11.1 Å². The van der Waals surface area contributed by atoms with Gasteiger partial charge in [-0.25, -0.2) is 0 Å². The Morgan fingerprint density at radius 3 is 3.00 bits per heavy atom. The van der Waals surface area contributed by atoms with Crippen molar-refractivity contribution in [3.8, 4) is 0 Å². The zero-order valence-electron chi connectivity index (χ0n) is 6.34. The van der Waals surface area contributed by atoms with Gasteiger partial charge in [-0.1, -0.05) is 0 Å². The molecule has 0 spiro atoms. The molecule has 3 N–H and O–H groups in total. The van der Waals surface area contributed by atoms with E-state index in [0.29, 0.717) is 6.04 Å². The van der Waals surface area contributed by atoms with Crippen LogP contribution in [0.5, 0.6) is 0 Å². The number of nitrogens with one attached hydrogen (secondary N) is 1. The van der Waals surface area contributed by atoms with Gasteiger partial charge in [0.2, 0.25) is 0 Å². The van der Waals surface area contributed by atoms with Gasteiger partial charge < -0.3 is 15.5 Å². The molecule has 0 saturated carbocycles. The summed E-state index contributed by atoms with van der Waals surface area (Å²) in [5.41, 5.74) is 7.57. The number of rotatable bonds is 1. The van der Waals surface area contributed by atoms with Gasteiger partial charge in [0, 0.05) is 11.6 Å². The molecule has 3 heteroatoms. The lowest BCUT2D eigenvalue weighted by Gasteiger charge is -2.06. The molecule has 1 aromatic rings. The van der Waals surface area contributed by atoms with Gasteiger partial charge in [0.1, 0.15) is 6.26 Å². The molecule has 60 valence electrons. The first-order valence-electron chi connectivity index (χ1n) is 3.93. The van der Waals surface area contributed by atoms with Gasteiger partial charge in [-0.2, -0.15) is 0 Å². The number of nitrogen functional groups attached to an aromatic ring is 1. The van der Waals surface area contributed by atoms with Crippen molar-refractivity contribution in [3.05, 3.63) is 18.1 Å². The second-order valence-corrected chi connectivity index (χ2v) is 2.93. The highest BCUT2D eigenvalue weighted by molar-refractivity contribution is 5.44. The molecule has 1 fully saturated rings. The van der Waals surface area contributed by atoms with Gasteiger partial charge in [-0.15, -0.1) is 0 Å². The Morgan fingerprint density at radius 2 is 2.45 bits per heavy atom. The number of anilines is 1. The Hall–Kier alpha value is -0.960. The topological polar surface area (TPSA) is 51.2 Å². The Kier molecular flexibility index (Phi) is 1.58. The van der Waals surface area contributed by atoms with E-state index in [2.05, 4.69) is 5.32 Å². The van der Waals surface area contributed by atoms with Crippen LogP contribution in [-0.4, -0.2) is 6.54 Å². The molecule has 0 aliphatic carbocycles. The lowest BCUT2D eigenvalue weighted by Crippen LogP contribution is -2.13. The van der Waals surface area contributed by atoms with E-state index in [-0.39, 0.29) is 0 Å². The van der Waals surface area contributed by atoms with Crippen molar-refractivity contribution >= 4 is 5.69 Å². The third kappa shape index (κ3) is 1.12. The van der Waals surface area contributed by atoms with E-state index in [1.165, 1.54) is 12.8 Å². The number of hydrogen-bond donors (Lipinski definition) is 2. The van der Waals surface area contributed by atoms with Crippen LogP contribution in [0.15, 0.2) is 16.9 Å². The maximum Gasteiger partial charge on any atom is 0.114 e. The standard InChI is InChI=1S/C8H12N2O/c9-7-5-11-4-6(7)8-2-1-3-10-8/h4-5,8,10H,1-3,9H2/t8-/m0/s1. The lowest BCUT2D eigenvalue weighted by atomic mass is 10.1. The van der Waals surface area contributed by atoms with Crippen molar-refractivity contribution in [2.24, 2.45) is 0 Å². The first-order valence-corrected chi connectivity index (χ1v) is 3.93. The normalized spacial score (nSPS) is 24.2.